The van der Waals surface area contributed by atoms with Crippen LogP contribution in [0.25, 0.3) is 0 Å². The van der Waals surface area contributed by atoms with Crippen molar-refractivity contribution in [1.29, 1.82) is 0 Å². The maximum absolute atomic E-state index is 12.0. The molecule has 7 nitrogen and oxygen atoms in total. The fourth-order valence-electron chi connectivity index (χ4n) is 2.31. The van der Waals surface area contributed by atoms with Crippen LogP contribution in [0.5, 0.6) is 0 Å². The average molecular weight is 306 g/mol. The Kier molecular flexibility index (Phi) is 5.91. The molecule has 2 atom stereocenters. The second kappa shape index (κ2) is 7.01. The standard InChI is InChI=1S/C12H19N3O4.ClH/c1-7(2)15-10(16)5-8(12(15)18)14-11(17)9-6-19-4-3-13-9;/h7-9,13H,3-6H2,1-2H3,(H,14,17);1H. The van der Waals surface area contributed by atoms with Crippen LogP contribution in [0, 0.1) is 0 Å². The van der Waals surface area contributed by atoms with E-state index in [4.69, 9.17) is 4.74 Å². The van der Waals surface area contributed by atoms with Gasteiger partial charge in [-0.2, -0.15) is 0 Å². The second-order valence-corrected chi connectivity index (χ2v) is 5.04. The van der Waals surface area contributed by atoms with Crippen LogP contribution in [0.3, 0.4) is 0 Å². The fraction of sp³-hybridized carbons (Fsp3) is 0.750. The van der Waals surface area contributed by atoms with Crippen LogP contribution in [-0.2, 0) is 19.1 Å². The van der Waals surface area contributed by atoms with Crippen molar-refractivity contribution < 1.29 is 19.1 Å². The van der Waals surface area contributed by atoms with E-state index in [9.17, 15) is 14.4 Å². The Morgan fingerprint density at radius 2 is 2.15 bits per heavy atom. The van der Waals surface area contributed by atoms with Crippen LogP contribution >= 0.6 is 12.4 Å². The molecule has 0 bridgehead atoms. The summed E-state index contributed by atoms with van der Waals surface area (Å²) in [5, 5.41) is 5.63. The highest BCUT2D eigenvalue weighted by Gasteiger charge is 2.41. The number of morpholine rings is 1. The van der Waals surface area contributed by atoms with E-state index in [1.165, 1.54) is 4.90 Å². The van der Waals surface area contributed by atoms with E-state index in [0.717, 1.165) is 0 Å². The van der Waals surface area contributed by atoms with E-state index in [1.807, 2.05) is 0 Å². The topological polar surface area (TPSA) is 87.7 Å². The van der Waals surface area contributed by atoms with Crippen molar-refractivity contribution in [1.82, 2.24) is 15.5 Å². The number of hydrogen-bond acceptors (Lipinski definition) is 5. The van der Waals surface area contributed by atoms with Crippen LogP contribution in [-0.4, -0.2) is 60.5 Å². The summed E-state index contributed by atoms with van der Waals surface area (Å²) in [4.78, 5) is 36.9. The minimum atomic E-state index is -0.744. The van der Waals surface area contributed by atoms with Gasteiger partial charge in [-0.3, -0.25) is 19.3 Å². The first kappa shape index (κ1) is 16.9. The summed E-state index contributed by atoms with van der Waals surface area (Å²) >= 11 is 0. The van der Waals surface area contributed by atoms with E-state index < -0.39 is 12.1 Å². The van der Waals surface area contributed by atoms with Crippen LogP contribution in [0.15, 0.2) is 0 Å². The minimum absolute atomic E-state index is 0. The lowest BCUT2D eigenvalue weighted by Gasteiger charge is -2.24. The number of carbonyl (C=O) groups is 3. The van der Waals surface area contributed by atoms with Crippen molar-refractivity contribution >= 4 is 30.1 Å². The molecule has 8 heteroatoms. The highest BCUT2D eigenvalue weighted by Crippen LogP contribution is 2.16. The molecule has 0 spiro atoms. The van der Waals surface area contributed by atoms with Gasteiger partial charge in [-0.05, 0) is 13.8 Å². The van der Waals surface area contributed by atoms with Gasteiger partial charge in [0.2, 0.25) is 11.8 Å². The lowest BCUT2D eigenvalue weighted by atomic mass is 10.2. The molecule has 0 aliphatic carbocycles. The third-order valence-electron chi connectivity index (χ3n) is 3.25. The Hall–Kier alpha value is -1.18. The maximum atomic E-state index is 12.0. The minimum Gasteiger partial charge on any atom is -0.378 e. The molecule has 0 saturated carbocycles. The van der Waals surface area contributed by atoms with E-state index in [0.29, 0.717) is 13.2 Å². The fourth-order valence-corrected chi connectivity index (χ4v) is 2.31. The SMILES string of the molecule is CC(C)N1C(=O)CC(NC(=O)C2COCCN2)C1=O.Cl. The number of nitrogens with one attached hydrogen (secondary N) is 2. The summed E-state index contributed by atoms with van der Waals surface area (Å²) in [6.07, 6.45) is 0.0380. The number of likely N-dealkylation sites (tertiary alicyclic amines) is 1. The molecule has 0 aromatic rings. The number of carbonyl (C=O) groups excluding carboxylic acids is 3. The van der Waals surface area contributed by atoms with Gasteiger partial charge in [-0.15, -0.1) is 12.4 Å². The lowest BCUT2D eigenvalue weighted by Crippen LogP contribution is -2.54. The number of nitrogens with zero attached hydrogens (tertiary/aromatic N) is 1. The van der Waals surface area contributed by atoms with Gasteiger partial charge in [0, 0.05) is 12.6 Å². The summed E-state index contributed by atoms with van der Waals surface area (Å²) < 4.78 is 5.19. The molecule has 0 aromatic heterocycles. The van der Waals surface area contributed by atoms with Crippen LogP contribution in [0.4, 0.5) is 0 Å². The van der Waals surface area contributed by atoms with Crippen LogP contribution in [0.2, 0.25) is 0 Å². The highest BCUT2D eigenvalue weighted by atomic mass is 35.5. The van der Waals surface area contributed by atoms with Gasteiger partial charge in [0.1, 0.15) is 12.1 Å². The molecule has 2 aliphatic rings. The molecule has 0 radical (unpaired) electrons. The molecule has 114 valence electrons. The van der Waals surface area contributed by atoms with Gasteiger partial charge in [-0.1, -0.05) is 0 Å². The van der Waals surface area contributed by atoms with E-state index in [1.54, 1.807) is 13.8 Å². The summed E-state index contributed by atoms with van der Waals surface area (Å²) in [7, 11) is 0. The highest BCUT2D eigenvalue weighted by molar-refractivity contribution is 6.07. The summed E-state index contributed by atoms with van der Waals surface area (Å²) in [6.45, 7) is 5.02. The Morgan fingerprint density at radius 1 is 1.45 bits per heavy atom. The molecular formula is C12H20ClN3O4. The summed E-state index contributed by atoms with van der Waals surface area (Å²) in [5.74, 6) is -0.861. The molecule has 0 aromatic carbocycles. The molecule has 2 rings (SSSR count). The molecule has 20 heavy (non-hydrogen) atoms. The zero-order chi connectivity index (χ0) is 14.0. The van der Waals surface area contributed by atoms with E-state index in [2.05, 4.69) is 10.6 Å². The third-order valence-corrected chi connectivity index (χ3v) is 3.25. The van der Waals surface area contributed by atoms with Crippen molar-refractivity contribution in [3.05, 3.63) is 0 Å². The van der Waals surface area contributed by atoms with Crippen LogP contribution in [0.1, 0.15) is 20.3 Å². The number of imide groups is 1. The first-order valence-corrected chi connectivity index (χ1v) is 6.48. The van der Waals surface area contributed by atoms with E-state index >= 15 is 0 Å². The summed E-state index contributed by atoms with van der Waals surface area (Å²) in [6, 6.07) is -1.38. The first-order valence-electron chi connectivity index (χ1n) is 6.48. The molecule has 2 saturated heterocycles. The Labute approximate surface area is 123 Å². The maximum Gasteiger partial charge on any atom is 0.252 e. The molecule has 2 fully saturated rings. The van der Waals surface area contributed by atoms with Crippen molar-refractivity contribution in [2.45, 2.75) is 38.4 Å². The number of amides is 3. The predicted molar refractivity (Wildman–Crippen MR) is 73.4 cm³/mol. The van der Waals surface area contributed by atoms with Gasteiger partial charge in [0.15, 0.2) is 0 Å². The molecular weight excluding hydrogens is 286 g/mol. The lowest BCUT2D eigenvalue weighted by molar-refractivity contribution is -0.141. The van der Waals surface area contributed by atoms with Crippen molar-refractivity contribution in [3.63, 3.8) is 0 Å². The monoisotopic (exact) mass is 305 g/mol. The zero-order valence-corrected chi connectivity index (χ0v) is 12.4. The van der Waals surface area contributed by atoms with Crippen molar-refractivity contribution in [2.75, 3.05) is 19.8 Å². The Balaban J connectivity index is 0.00000200. The van der Waals surface area contributed by atoms with Crippen LogP contribution < -0.4 is 10.6 Å². The molecule has 2 aliphatic heterocycles. The van der Waals surface area contributed by atoms with Crippen molar-refractivity contribution in [3.8, 4) is 0 Å². The van der Waals surface area contributed by atoms with Gasteiger partial charge < -0.3 is 15.4 Å². The first-order chi connectivity index (χ1) is 9.00. The zero-order valence-electron chi connectivity index (χ0n) is 11.5. The number of halogens is 1. The molecule has 3 amide bonds. The normalized spacial score (nSPS) is 26.6. The second-order valence-electron chi connectivity index (χ2n) is 5.04. The summed E-state index contributed by atoms with van der Waals surface area (Å²) in [5.41, 5.74) is 0. The largest absolute Gasteiger partial charge is 0.378 e. The predicted octanol–water partition coefficient (Wildman–Crippen LogP) is -0.951. The average Bonchev–Trinajstić information content (AvgIpc) is 2.65. The van der Waals surface area contributed by atoms with Crippen molar-refractivity contribution in [2.24, 2.45) is 0 Å². The van der Waals surface area contributed by atoms with Gasteiger partial charge in [-0.25, -0.2) is 0 Å². The van der Waals surface area contributed by atoms with Gasteiger partial charge in [0.05, 0.1) is 19.6 Å². The number of hydrogen-bond donors (Lipinski definition) is 2. The van der Waals surface area contributed by atoms with Gasteiger partial charge >= 0.3 is 0 Å². The Morgan fingerprint density at radius 3 is 2.65 bits per heavy atom. The number of rotatable bonds is 3. The Bertz CT molecular complexity index is 396. The smallest absolute Gasteiger partial charge is 0.252 e. The van der Waals surface area contributed by atoms with Gasteiger partial charge in [0.25, 0.3) is 5.91 Å². The quantitative estimate of drug-likeness (QED) is 0.656. The molecule has 2 N–H and O–H groups in total. The third kappa shape index (κ3) is 3.47. The van der Waals surface area contributed by atoms with E-state index in [-0.39, 0.29) is 49.2 Å². The molecule has 2 unspecified atom stereocenters. The molecule has 2 heterocycles. The number of ether oxygens (including phenoxy) is 1.